The van der Waals surface area contributed by atoms with E-state index in [2.05, 4.69) is 173 Å². The Morgan fingerprint density at radius 2 is 0.902 bits per heavy atom. The summed E-state index contributed by atoms with van der Waals surface area (Å²) in [5, 5.41) is 7.29. The summed E-state index contributed by atoms with van der Waals surface area (Å²) >= 11 is 1.85. The number of hydrogen-bond donors (Lipinski definition) is 0. The lowest BCUT2D eigenvalue weighted by molar-refractivity contribution is 0.953. The second kappa shape index (κ2) is 13.4. The standard InChI is InChI=1S/C55H33N5S/c1-4-15-34(16-5-1)53-56-54(35-17-6-2-7-18-35)58-55(57-53)60-47-30-28-37(36-27-29-46-42(31-36)39-21-10-12-24-45(39)59(46)38-19-8-3-9-20-38)32-44(47)51-41-23-14-26-50-52(41)43(33-48(51)60)40-22-11-13-25-49(40)61-50/h1-33H. The number of nitrogens with zero attached hydrogens (tertiary/aromatic N) is 5. The molecule has 0 unspecified atom stereocenters. The highest BCUT2D eigenvalue weighted by Gasteiger charge is 2.26. The normalized spacial score (nSPS) is 12.2. The van der Waals surface area contributed by atoms with Crippen molar-refractivity contribution < 1.29 is 0 Å². The van der Waals surface area contributed by atoms with Crippen molar-refractivity contribution in [1.82, 2.24) is 24.1 Å². The Kier molecular flexibility index (Phi) is 7.47. The number of benzene rings is 9. The first-order chi connectivity index (χ1) is 30.2. The van der Waals surface area contributed by atoms with E-state index in [-0.39, 0.29) is 0 Å². The molecule has 0 fully saturated rings. The molecule has 0 amide bonds. The van der Waals surface area contributed by atoms with Gasteiger partial charge < -0.3 is 4.57 Å². The molecular formula is C55H33N5S. The van der Waals surface area contributed by atoms with Crippen LogP contribution in [0.3, 0.4) is 0 Å². The summed E-state index contributed by atoms with van der Waals surface area (Å²) in [5.41, 5.74) is 12.3. The van der Waals surface area contributed by atoms with Crippen LogP contribution >= 0.6 is 11.8 Å². The minimum atomic E-state index is 0.580. The molecule has 3 aromatic heterocycles. The van der Waals surface area contributed by atoms with Crippen molar-refractivity contribution in [2.24, 2.45) is 0 Å². The van der Waals surface area contributed by atoms with Gasteiger partial charge in [-0.1, -0.05) is 151 Å². The van der Waals surface area contributed by atoms with Crippen molar-refractivity contribution in [2.45, 2.75) is 9.79 Å². The monoisotopic (exact) mass is 795 g/mol. The molecule has 0 aliphatic carbocycles. The molecule has 0 atom stereocenters. The second-order valence-corrected chi connectivity index (χ2v) is 16.7. The summed E-state index contributed by atoms with van der Waals surface area (Å²) in [7, 11) is 0. The van der Waals surface area contributed by atoms with E-state index in [9.17, 15) is 0 Å². The lowest BCUT2D eigenvalue weighted by atomic mass is 9.93. The summed E-state index contributed by atoms with van der Waals surface area (Å²) in [5.74, 6) is 1.84. The van der Waals surface area contributed by atoms with Gasteiger partial charge in [-0.05, 0) is 88.3 Å². The van der Waals surface area contributed by atoms with Crippen LogP contribution < -0.4 is 0 Å². The first kappa shape index (κ1) is 34.1. The minimum Gasteiger partial charge on any atom is -0.309 e. The summed E-state index contributed by atoms with van der Waals surface area (Å²) in [6, 6.07) is 71.5. The van der Waals surface area contributed by atoms with E-state index in [1.54, 1.807) is 0 Å². The summed E-state index contributed by atoms with van der Waals surface area (Å²) in [4.78, 5) is 18.2. The molecule has 13 rings (SSSR count). The third-order valence-corrected chi connectivity index (χ3v) is 13.3. The predicted molar refractivity (Wildman–Crippen MR) is 252 cm³/mol. The van der Waals surface area contributed by atoms with Crippen molar-refractivity contribution in [3.63, 3.8) is 0 Å². The Labute approximate surface area is 355 Å². The van der Waals surface area contributed by atoms with Crippen molar-refractivity contribution in [3.05, 3.63) is 200 Å². The Morgan fingerprint density at radius 1 is 0.328 bits per heavy atom. The van der Waals surface area contributed by atoms with Crippen LogP contribution in [-0.2, 0) is 0 Å². The quantitative estimate of drug-likeness (QED) is 0.174. The minimum absolute atomic E-state index is 0.580. The smallest absolute Gasteiger partial charge is 0.238 e. The van der Waals surface area contributed by atoms with E-state index in [1.165, 1.54) is 58.9 Å². The topological polar surface area (TPSA) is 48.5 Å². The highest BCUT2D eigenvalue weighted by molar-refractivity contribution is 7.99. The number of rotatable bonds is 5. The zero-order valence-corrected chi connectivity index (χ0v) is 33.5. The van der Waals surface area contributed by atoms with Gasteiger partial charge in [-0.3, -0.25) is 4.57 Å². The van der Waals surface area contributed by atoms with Gasteiger partial charge >= 0.3 is 0 Å². The Bertz CT molecular complexity index is 3660. The van der Waals surface area contributed by atoms with Gasteiger partial charge in [0.05, 0.1) is 22.1 Å². The van der Waals surface area contributed by atoms with Crippen LogP contribution in [0.4, 0.5) is 0 Å². The van der Waals surface area contributed by atoms with Crippen LogP contribution in [0, 0.1) is 0 Å². The molecule has 1 aliphatic rings. The molecule has 1 aliphatic heterocycles. The Hall–Kier alpha value is -7.80. The molecule has 0 bridgehead atoms. The number of para-hydroxylation sites is 2. The third kappa shape index (κ3) is 5.26. The summed E-state index contributed by atoms with van der Waals surface area (Å²) in [6.45, 7) is 0. The largest absolute Gasteiger partial charge is 0.309 e. The van der Waals surface area contributed by atoms with Gasteiger partial charge in [-0.15, -0.1) is 0 Å². The molecule has 6 heteroatoms. The first-order valence-electron chi connectivity index (χ1n) is 20.5. The molecule has 0 spiro atoms. The van der Waals surface area contributed by atoms with E-state index >= 15 is 0 Å². The van der Waals surface area contributed by atoms with Gasteiger partial charge in [0.15, 0.2) is 11.6 Å². The van der Waals surface area contributed by atoms with E-state index in [1.807, 2.05) is 48.2 Å². The van der Waals surface area contributed by atoms with Crippen LogP contribution in [0.2, 0.25) is 0 Å². The predicted octanol–water partition coefficient (Wildman–Crippen LogP) is 14.4. The van der Waals surface area contributed by atoms with Gasteiger partial charge in [0.25, 0.3) is 0 Å². The van der Waals surface area contributed by atoms with Gasteiger partial charge in [-0.2, -0.15) is 9.97 Å². The van der Waals surface area contributed by atoms with E-state index in [4.69, 9.17) is 15.0 Å². The van der Waals surface area contributed by atoms with Crippen LogP contribution in [0.15, 0.2) is 210 Å². The van der Waals surface area contributed by atoms with Crippen molar-refractivity contribution in [1.29, 1.82) is 0 Å². The molecule has 61 heavy (non-hydrogen) atoms. The molecule has 12 aromatic rings. The second-order valence-electron chi connectivity index (χ2n) is 15.6. The molecule has 0 radical (unpaired) electrons. The van der Waals surface area contributed by atoms with Crippen molar-refractivity contribution in [2.75, 3.05) is 0 Å². The molecule has 0 N–H and O–H groups in total. The highest BCUT2D eigenvalue weighted by Crippen LogP contribution is 2.51. The summed E-state index contributed by atoms with van der Waals surface area (Å²) < 4.78 is 4.63. The zero-order valence-electron chi connectivity index (χ0n) is 32.7. The van der Waals surface area contributed by atoms with Crippen LogP contribution in [0.5, 0.6) is 0 Å². The van der Waals surface area contributed by atoms with Gasteiger partial charge in [0.2, 0.25) is 5.95 Å². The van der Waals surface area contributed by atoms with E-state index in [0.29, 0.717) is 17.6 Å². The molecule has 284 valence electrons. The molecule has 4 heterocycles. The molecule has 0 saturated carbocycles. The fraction of sp³-hybridized carbons (Fsp3) is 0. The van der Waals surface area contributed by atoms with Gasteiger partial charge in [-0.25, -0.2) is 4.98 Å². The summed E-state index contributed by atoms with van der Waals surface area (Å²) in [6.07, 6.45) is 0. The third-order valence-electron chi connectivity index (χ3n) is 12.2. The Balaban J connectivity index is 1.11. The van der Waals surface area contributed by atoms with Crippen LogP contribution in [0.1, 0.15) is 0 Å². The fourth-order valence-electron chi connectivity index (χ4n) is 9.45. The van der Waals surface area contributed by atoms with Crippen molar-refractivity contribution in [3.8, 4) is 56.7 Å². The average Bonchev–Trinajstić information content (AvgIpc) is 3.84. The maximum atomic E-state index is 5.29. The van der Waals surface area contributed by atoms with Crippen LogP contribution in [0.25, 0.3) is 111 Å². The fourth-order valence-corrected chi connectivity index (χ4v) is 10.6. The lowest BCUT2D eigenvalue weighted by Gasteiger charge is -2.21. The van der Waals surface area contributed by atoms with Crippen LogP contribution in [-0.4, -0.2) is 24.1 Å². The maximum absolute atomic E-state index is 5.29. The lowest BCUT2D eigenvalue weighted by Crippen LogP contribution is -2.06. The number of fused-ring (bicyclic) bond motifs is 9. The maximum Gasteiger partial charge on any atom is 0.238 e. The molecule has 5 nitrogen and oxygen atoms in total. The molecule has 0 saturated heterocycles. The number of aromatic nitrogens is 5. The average molecular weight is 796 g/mol. The zero-order chi connectivity index (χ0) is 40.0. The van der Waals surface area contributed by atoms with Gasteiger partial charge in [0.1, 0.15) is 0 Å². The van der Waals surface area contributed by atoms with Gasteiger partial charge in [0, 0.05) is 53.5 Å². The SMILES string of the molecule is c1ccc(-c2nc(-c3ccccc3)nc(-n3c4ccc(-c5ccc6c(c5)c5ccccc5n6-c5ccccc5)cc4c4c5cccc6c5c(cc43)-c3ccccc3S6)n2)cc1. The Morgan fingerprint density at radius 3 is 1.64 bits per heavy atom. The highest BCUT2D eigenvalue weighted by atomic mass is 32.2. The van der Waals surface area contributed by atoms with E-state index < -0.39 is 0 Å². The molecular weight excluding hydrogens is 763 g/mol. The molecule has 9 aromatic carbocycles. The van der Waals surface area contributed by atoms with Crippen molar-refractivity contribution >= 4 is 66.1 Å². The first-order valence-corrected chi connectivity index (χ1v) is 21.3. The van der Waals surface area contributed by atoms with E-state index in [0.717, 1.165) is 44.4 Å². The number of hydrogen-bond acceptors (Lipinski definition) is 4.